The Hall–Kier alpha value is -2.76. The number of nitrogens with one attached hydrogen (secondary N) is 1. The van der Waals surface area contributed by atoms with Gasteiger partial charge < -0.3 is 9.15 Å². The Morgan fingerprint density at radius 2 is 1.79 bits per heavy atom. The normalized spacial score (nSPS) is 11.1. The number of rotatable bonds is 6. The Labute approximate surface area is 179 Å². The van der Waals surface area contributed by atoms with E-state index in [9.17, 15) is 4.79 Å². The molecule has 0 radical (unpaired) electrons. The molecular formula is C22H20Cl2N2O3. The second kappa shape index (κ2) is 9.16. The van der Waals surface area contributed by atoms with E-state index in [1.165, 1.54) is 6.21 Å². The summed E-state index contributed by atoms with van der Waals surface area (Å²) in [7, 11) is 0. The maximum Gasteiger partial charge on any atom is 0.277 e. The summed E-state index contributed by atoms with van der Waals surface area (Å²) in [4.78, 5) is 11.9. The first-order chi connectivity index (χ1) is 13.8. The molecule has 1 N–H and O–H groups in total. The van der Waals surface area contributed by atoms with Gasteiger partial charge in [-0.3, -0.25) is 4.79 Å². The minimum absolute atomic E-state index is 0.164. The predicted octanol–water partition coefficient (Wildman–Crippen LogP) is 5.71. The van der Waals surface area contributed by atoms with Crippen molar-refractivity contribution < 1.29 is 13.9 Å². The third kappa shape index (κ3) is 5.40. The Kier molecular flexibility index (Phi) is 6.62. The van der Waals surface area contributed by atoms with E-state index in [1.54, 1.807) is 18.2 Å². The third-order valence-corrected chi connectivity index (χ3v) is 5.25. The summed E-state index contributed by atoms with van der Waals surface area (Å²) in [5.74, 6) is 1.36. The average molecular weight is 431 g/mol. The number of halogens is 2. The lowest BCUT2D eigenvalue weighted by atomic mass is 10.1. The van der Waals surface area contributed by atoms with Crippen LogP contribution >= 0.6 is 23.2 Å². The van der Waals surface area contributed by atoms with E-state index in [2.05, 4.69) is 10.5 Å². The molecule has 0 atom stereocenters. The van der Waals surface area contributed by atoms with E-state index in [0.29, 0.717) is 27.3 Å². The first kappa shape index (κ1) is 21.0. The number of carbonyl (C=O) groups excluding carboxylic acids is 1. The molecule has 2 aromatic carbocycles. The highest BCUT2D eigenvalue weighted by Gasteiger charge is 2.07. The van der Waals surface area contributed by atoms with Crippen LogP contribution in [0, 0.1) is 20.8 Å². The van der Waals surface area contributed by atoms with Gasteiger partial charge >= 0.3 is 0 Å². The molecule has 0 unspecified atom stereocenters. The molecule has 150 valence electrons. The number of furan rings is 1. The zero-order valence-electron chi connectivity index (χ0n) is 16.3. The number of amides is 1. The van der Waals surface area contributed by atoms with Gasteiger partial charge in [-0.15, -0.1) is 0 Å². The number of hydrogen-bond donors (Lipinski definition) is 1. The minimum atomic E-state index is -0.386. The van der Waals surface area contributed by atoms with Crippen molar-refractivity contribution in [2.75, 3.05) is 6.61 Å². The van der Waals surface area contributed by atoms with Crippen molar-refractivity contribution in [2.24, 2.45) is 5.10 Å². The first-order valence-electron chi connectivity index (χ1n) is 8.91. The molecule has 1 heterocycles. The Balaban J connectivity index is 1.54. The van der Waals surface area contributed by atoms with Gasteiger partial charge in [0.05, 0.1) is 6.21 Å². The van der Waals surface area contributed by atoms with Crippen LogP contribution in [0.3, 0.4) is 0 Å². The summed E-state index contributed by atoms with van der Waals surface area (Å²) < 4.78 is 11.2. The molecule has 5 nitrogen and oxygen atoms in total. The molecule has 0 aliphatic rings. The fourth-order valence-electron chi connectivity index (χ4n) is 2.66. The number of hydrazone groups is 1. The summed E-state index contributed by atoms with van der Waals surface area (Å²) >= 11 is 12.3. The molecule has 29 heavy (non-hydrogen) atoms. The zero-order chi connectivity index (χ0) is 21.0. The molecule has 7 heteroatoms. The topological polar surface area (TPSA) is 63.8 Å². The van der Waals surface area contributed by atoms with Gasteiger partial charge in [-0.2, -0.15) is 5.10 Å². The fourth-order valence-corrected chi connectivity index (χ4v) is 2.95. The average Bonchev–Trinajstić information content (AvgIpc) is 3.15. The van der Waals surface area contributed by atoms with Crippen molar-refractivity contribution in [3.05, 3.63) is 75.0 Å². The van der Waals surface area contributed by atoms with Crippen LogP contribution in [0.4, 0.5) is 0 Å². The molecule has 1 aromatic heterocycles. The number of carbonyl (C=O) groups is 1. The summed E-state index contributed by atoms with van der Waals surface area (Å²) in [6.45, 7) is 5.54. The molecule has 0 bridgehead atoms. The molecule has 0 fully saturated rings. The lowest BCUT2D eigenvalue weighted by Crippen LogP contribution is -2.24. The summed E-state index contributed by atoms with van der Waals surface area (Å²) in [5.41, 5.74) is 6.06. The van der Waals surface area contributed by atoms with E-state index in [4.69, 9.17) is 32.4 Å². The van der Waals surface area contributed by atoms with Gasteiger partial charge in [0.25, 0.3) is 5.91 Å². The molecular weight excluding hydrogens is 411 g/mol. The molecule has 1 amide bonds. The molecule has 0 spiro atoms. The number of ether oxygens (including phenoxy) is 1. The van der Waals surface area contributed by atoms with E-state index in [0.717, 1.165) is 22.3 Å². The third-order valence-electron chi connectivity index (χ3n) is 4.24. The van der Waals surface area contributed by atoms with Crippen molar-refractivity contribution in [2.45, 2.75) is 20.8 Å². The largest absolute Gasteiger partial charge is 0.484 e. The van der Waals surface area contributed by atoms with Gasteiger partial charge in [0.15, 0.2) is 6.61 Å². The number of aryl methyl sites for hydroxylation is 3. The van der Waals surface area contributed by atoms with E-state index < -0.39 is 0 Å². The van der Waals surface area contributed by atoms with Crippen LogP contribution in [0.2, 0.25) is 10.0 Å². The van der Waals surface area contributed by atoms with E-state index in [1.807, 2.05) is 45.0 Å². The van der Waals surface area contributed by atoms with Crippen LogP contribution in [-0.4, -0.2) is 18.7 Å². The van der Waals surface area contributed by atoms with Crippen LogP contribution < -0.4 is 10.2 Å². The van der Waals surface area contributed by atoms with Gasteiger partial charge in [-0.05, 0) is 67.8 Å². The van der Waals surface area contributed by atoms with E-state index >= 15 is 0 Å². The smallest absolute Gasteiger partial charge is 0.277 e. The zero-order valence-corrected chi connectivity index (χ0v) is 17.8. The van der Waals surface area contributed by atoms with Crippen LogP contribution in [-0.2, 0) is 4.79 Å². The van der Waals surface area contributed by atoms with Gasteiger partial charge in [0.2, 0.25) is 0 Å². The number of hydrogen-bond acceptors (Lipinski definition) is 4. The van der Waals surface area contributed by atoms with Gasteiger partial charge in [0.1, 0.15) is 17.3 Å². The molecule has 0 saturated heterocycles. The quantitative estimate of drug-likeness (QED) is 0.402. The molecule has 0 aliphatic heterocycles. The van der Waals surface area contributed by atoms with Crippen molar-refractivity contribution >= 4 is 35.3 Å². The highest BCUT2D eigenvalue weighted by molar-refractivity contribution is 6.32. The standard InChI is InChI=1S/C22H20Cl2N2O3/c1-13-4-5-16(10-19(13)23)20-7-6-17(29-20)11-25-26-21(27)12-28-18-8-14(2)22(24)15(3)9-18/h4-11H,12H2,1-3H3,(H,26,27)/b25-11-. The van der Waals surface area contributed by atoms with Crippen molar-refractivity contribution in [1.29, 1.82) is 0 Å². The number of benzene rings is 2. The van der Waals surface area contributed by atoms with Crippen LogP contribution in [0.5, 0.6) is 5.75 Å². The van der Waals surface area contributed by atoms with Crippen molar-refractivity contribution in [3.8, 4) is 17.1 Å². The predicted molar refractivity (Wildman–Crippen MR) is 116 cm³/mol. The highest BCUT2D eigenvalue weighted by Crippen LogP contribution is 2.27. The lowest BCUT2D eigenvalue weighted by Gasteiger charge is -2.09. The first-order valence-corrected chi connectivity index (χ1v) is 9.67. The van der Waals surface area contributed by atoms with Gasteiger partial charge in [0, 0.05) is 15.6 Å². The fraction of sp³-hybridized carbons (Fsp3) is 0.182. The maximum atomic E-state index is 11.9. The van der Waals surface area contributed by atoms with E-state index in [-0.39, 0.29) is 12.5 Å². The van der Waals surface area contributed by atoms with Gasteiger partial charge in [-0.1, -0.05) is 35.3 Å². The molecule has 3 aromatic rings. The Morgan fingerprint density at radius 1 is 1.07 bits per heavy atom. The maximum absolute atomic E-state index is 11.9. The second-order valence-corrected chi connectivity index (χ2v) is 7.40. The van der Waals surface area contributed by atoms with Crippen LogP contribution in [0.25, 0.3) is 11.3 Å². The molecule has 0 aliphatic carbocycles. The Bertz CT molecular complexity index is 1050. The van der Waals surface area contributed by atoms with Crippen LogP contribution in [0.1, 0.15) is 22.5 Å². The van der Waals surface area contributed by atoms with Crippen molar-refractivity contribution in [1.82, 2.24) is 5.43 Å². The molecule has 0 saturated carbocycles. The van der Waals surface area contributed by atoms with Crippen molar-refractivity contribution in [3.63, 3.8) is 0 Å². The highest BCUT2D eigenvalue weighted by atomic mass is 35.5. The minimum Gasteiger partial charge on any atom is -0.484 e. The lowest BCUT2D eigenvalue weighted by molar-refractivity contribution is -0.123. The SMILES string of the molecule is Cc1ccc(-c2ccc(/C=N\NC(=O)COc3cc(C)c(Cl)c(C)c3)o2)cc1Cl. The second-order valence-electron chi connectivity index (χ2n) is 6.62. The van der Waals surface area contributed by atoms with Gasteiger partial charge in [-0.25, -0.2) is 5.43 Å². The number of nitrogens with zero attached hydrogens (tertiary/aromatic N) is 1. The Morgan fingerprint density at radius 3 is 2.48 bits per heavy atom. The summed E-state index contributed by atoms with van der Waals surface area (Å²) in [6, 6.07) is 12.8. The molecule has 3 rings (SSSR count). The monoisotopic (exact) mass is 430 g/mol. The summed E-state index contributed by atoms with van der Waals surface area (Å²) in [5, 5.41) is 5.26. The van der Waals surface area contributed by atoms with Crippen LogP contribution in [0.15, 0.2) is 52.0 Å². The summed E-state index contributed by atoms with van der Waals surface area (Å²) in [6.07, 6.45) is 1.42.